The maximum atomic E-state index is 11.0. The van der Waals surface area contributed by atoms with Gasteiger partial charge in [0.2, 0.25) is 10.0 Å². The van der Waals surface area contributed by atoms with Gasteiger partial charge in [0, 0.05) is 5.69 Å². The molecule has 0 atom stereocenters. The third kappa shape index (κ3) is 2.20. The van der Waals surface area contributed by atoms with Crippen LogP contribution in [-0.4, -0.2) is 19.5 Å². The van der Waals surface area contributed by atoms with Crippen molar-refractivity contribution >= 4 is 33.3 Å². The summed E-state index contributed by atoms with van der Waals surface area (Å²) in [6, 6.07) is 2.18. The van der Waals surface area contributed by atoms with Crippen molar-refractivity contribution < 1.29 is 18.3 Å². The number of benzene rings is 1. The number of aromatic carboxylic acids is 1. The summed E-state index contributed by atoms with van der Waals surface area (Å²) in [4.78, 5) is 10.3. The lowest BCUT2D eigenvalue weighted by atomic mass is 10.2. The highest BCUT2D eigenvalue weighted by Gasteiger charge is 2.21. The summed E-state index contributed by atoms with van der Waals surface area (Å²) in [5.74, 6) is -1.41. The summed E-state index contributed by atoms with van der Waals surface area (Å²) in [6.07, 6.45) is 0. The predicted octanol–water partition coefficient (Wildman–Crippen LogP) is 0.268. The van der Waals surface area contributed by atoms with Crippen LogP contribution in [0.5, 0.6) is 0 Å². The molecule has 0 unspecified atom stereocenters. The highest BCUT2D eigenvalue weighted by atomic mass is 35.5. The molecular weight excluding hydrogens is 244 g/mol. The van der Waals surface area contributed by atoms with Crippen LogP contribution in [0.15, 0.2) is 17.0 Å². The summed E-state index contributed by atoms with van der Waals surface area (Å²) in [5.41, 5.74) is 4.74. The zero-order chi connectivity index (χ0) is 11.8. The Bertz CT molecular complexity index is 526. The van der Waals surface area contributed by atoms with Gasteiger partial charge in [-0.05, 0) is 12.1 Å². The number of hydrogen-bond donors (Lipinski definition) is 3. The van der Waals surface area contributed by atoms with Gasteiger partial charge in [-0.25, -0.2) is 18.4 Å². The molecule has 15 heavy (non-hydrogen) atoms. The van der Waals surface area contributed by atoms with E-state index in [2.05, 4.69) is 0 Å². The van der Waals surface area contributed by atoms with Crippen molar-refractivity contribution in [3.05, 3.63) is 22.7 Å². The first-order valence-electron chi connectivity index (χ1n) is 3.59. The molecular formula is C7H7ClN2O4S. The Morgan fingerprint density at radius 1 is 1.40 bits per heavy atom. The van der Waals surface area contributed by atoms with E-state index in [0.29, 0.717) is 0 Å². The molecule has 0 spiro atoms. The van der Waals surface area contributed by atoms with Gasteiger partial charge in [-0.15, -0.1) is 0 Å². The summed E-state index contributed by atoms with van der Waals surface area (Å²) in [7, 11) is -4.06. The predicted molar refractivity (Wildman–Crippen MR) is 54.2 cm³/mol. The van der Waals surface area contributed by atoms with Crippen molar-refractivity contribution in [1.82, 2.24) is 0 Å². The molecule has 0 saturated heterocycles. The smallest absolute Gasteiger partial charge is 0.339 e. The number of nitrogens with two attached hydrogens (primary N) is 2. The zero-order valence-electron chi connectivity index (χ0n) is 7.27. The van der Waals surface area contributed by atoms with Crippen LogP contribution in [0.4, 0.5) is 5.69 Å². The van der Waals surface area contributed by atoms with Crippen molar-refractivity contribution in [2.75, 3.05) is 5.73 Å². The number of rotatable bonds is 2. The number of primary sulfonamides is 1. The topological polar surface area (TPSA) is 123 Å². The molecule has 0 aromatic heterocycles. The van der Waals surface area contributed by atoms with Crippen LogP contribution in [-0.2, 0) is 10.0 Å². The minimum atomic E-state index is -4.06. The average Bonchev–Trinajstić information content (AvgIpc) is 2.00. The van der Waals surface area contributed by atoms with Crippen molar-refractivity contribution in [2.24, 2.45) is 5.14 Å². The molecule has 1 rings (SSSR count). The van der Waals surface area contributed by atoms with Crippen LogP contribution in [0, 0.1) is 0 Å². The number of carboxylic acids is 1. The Labute approximate surface area is 90.5 Å². The molecule has 82 valence electrons. The van der Waals surface area contributed by atoms with Gasteiger partial charge in [0.25, 0.3) is 0 Å². The molecule has 0 aliphatic rings. The monoisotopic (exact) mass is 250 g/mol. The van der Waals surface area contributed by atoms with Crippen molar-refractivity contribution in [3.63, 3.8) is 0 Å². The molecule has 0 saturated carbocycles. The number of anilines is 1. The summed E-state index contributed by atoms with van der Waals surface area (Å²) in [6.45, 7) is 0. The number of halogens is 1. The molecule has 0 amide bonds. The molecule has 0 heterocycles. The normalized spacial score (nSPS) is 11.3. The van der Waals surface area contributed by atoms with Gasteiger partial charge in [0.15, 0.2) is 0 Å². The lowest BCUT2D eigenvalue weighted by Crippen LogP contribution is -2.15. The van der Waals surface area contributed by atoms with E-state index >= 15 is 0 Å². The van der Waals surface area contributed by atoms with Crippen LogP contribution < -0.4 is 10.9 Å². The minimum absolute atomic E-state index is 0.125. The fourth-order valence-corrected chi connectivity index (χ4v) is 2.19. The molecule has 0 aliphatic carbocycles. The first kappa shape index (κ1) is 11.8. The van der Waals surface area contributed by atoms with Gasteiger partial charge >= 0.3 is 5.97 Å². The summed E-state index contributed by atoms with van der Waals surface area (Å²) >= 11 is 5.57. The second-order valence-electron chi connectivity index (χ2n) is 2.69. The Hall–Kier alpha value is -1.31. The lowest BCUT2D eigenvalue weighted by molar-refractivity contribution is 0.0698. The fraction of sp³-hybridized carbons (Fsp3) is 0. The van der Waals surface area contributed by atoms with E-state index < -0.39 is 31.5 Å². The summed E-state index contributed by atoms with van der Waals surface area (Å²) < 4.78 is 22.0. The fourth-order valence-electron chi connectivity index (χ4n) is 1.01. The average molecular weight is 251 g/mol. The zero-order valence-corrected chi connectivity index (χ0v) is 8.84. The van der Waals surface area contributed by atoms with E-state index in [4.69, 9.17) is 27.6 Å². The van der Waals surface area contributed by atoms with Crippen LogP contribution in [0.3, 0.4) is 0 Å². The maximum absolute atomic E-state index is 11.0. The van der Waals surface area contributed by atoms with Crippen LogP contribution in [0.2, 0.25) is 5.02 Å². The molecule has 6 nitrogen and oxygen atoms in total. The SMILES string of the molecule is Nc1ccc(S(N)(=O)=O)c(Cl)c1C(=O)O. The first-order valence-corrected chi connectivity index (χ1v) is 5.51. The lowest BCUT2D eigenvalue weighted by Gasteiger charge is -2.07. The van der Waals surface area contributed by atoms with Crippen molar-refractivity contribution in [1.29, 1.82) is 0 Å². The Balaban J connectivity index is 3.64. The third-order valence-electron chi connectivity index (χ3n) is 1.66. The van der Waals surface area contributed by atoms with Gasteiger partial charge in [-0.2, -0.15) is 0 Å². The Morgan fingerprint density at radius 2 is 1.93 bits per heavy atom. The van der Waals surface area contributed by atoms with Gasteiger partial charge < -0.3 is 10.8 Å². The number of carbonyl (C=O) groups is 1. The molecule has 5 N–H and O–H groups in total. The van der Waals surface area contributed by atoms with Gasteiger partial charge in [0.1, 0.15) is 10.5 Å². The third-order valence-corrected chi connectivity index (χ3v) is 3.12. The molecule has 1 aromatic rings. The van der Waals surface area contributed by atoms with Crippen molar-refractivity contribution in [2.45, 2.75) is 4.90 Å². The van der Waals surface area contributed by atoms with E-state index in [0.717, 1.165) is 12.1 Å². The number of carboxylic acid groups (broad SMARTS) is 1. The minimum Gasteiger partial charge on any atom is -0.478 e. The second kappa shape index (κ2) is 3.69. The molecule has 1 aromatic carbocycles. The first-order chi connectivity index (χ1) is 6.75. The van der Waals surface area contributed by atoms with E-state index in [9.17, 15) is 13.2 Å². The van der Waals surface area contributed by atoms with Gasteiger partial charge in [-0.3, -0.25) is 0 Å². The largest absolute Gasteiger partial charge is 0.478 e. The van der Waals surface area contributed by atoms with Gasteiger partial charge in [0.05, 0.1) is 5.02 Å². The highest BCUT2D eigenvalue weighted by molar-refractivity contribution is 7.89. The molecule has 8 heteroatoms. The maximum Gasteiger partial charge on any atom is 0.339 e. The molecule has 0 fully saturated rings. The van der Waals surface area contributed by atoms with Crippen LogP contribution in [0.25, 0.3) is 0 Å². The van der Waals surface area contributed by atoms with E-state index in [1.807, 2.05) is 0 Å². The quantitative estimate of drug-likeness (QED) is 0.650. The van der Waals surface area contributed by atoms with E-state index in [1.165, 1.54) is 0 Å². The highest BCUT2D eigenvalue weighted by Crippen LogP contribution is 2.28. The van der Waals surface area contributed by atoms with Crippen molar-refractivity contribution in [3.8, 4) is 0 Å². The van der Waals surface area contributed by atoms with Crippen LogP contribution >= 0.6 is 11.6 Å². The molecule has 0 aliphatic heterocycles. The Kier molecular flexibility index (Phi) is 2.89. The molecule has 0 radical (unpaired) electrons. The summed E-state index contributed by atoms with van der Waals surface area (Å²) in [5, 5.41) is 13.1. The second-order valence-corrected chi connectivity index (χ2v) is 4.60. The number of hydrogen-bond acceptors (Lipinski definition) is 4. The van der Waals surface area contributed by atoms with E-state index in [-0.39, 0.29) is 5.69 Å². The number of sulfonamides is 1. The molecule has 0 bridgehead atoms. The van der Waals surface area contributed by atoms with Gasteiger partial charge in [-0.1, -0.05) is 11.6 Å². The number of nitrogen functional groups attached to an aromatic ring is 1. The Morgan fingerprint density at radius 3 is 2.33 bits per heavy atom. The van der Waals surface area contributed by atoms with Crippen LogP contribution in [0.1, 0.15) is 10.4 Å². The van der Waals surface area contributed by atoms with E-state index in [1.54, 1.807) is 0 Å². The standard InChI is InChI=1S/C7H7ClN2O4S/c8-6-4(15(10,13)14)2-1-3(9)5(6)7(11)12/h1-2H,9H2,(H,11,12)(H2,10,13,14).